The minimum absolute atomic E-state index is 0.216. The molecule has 0 fully saturated rings. The van der Waals surface area contributed by atoms with Crippen LogP contribution >= 0.6 is 11.6 Å². The number of benzene rings is 2. The highest BCUT2D eigenvalue weighted by molar-refractivity contribution is 6.30. The van der Waals surface area contributed by atoms with Gasteiger partial charge in [-0.05, 0) is 48.9 Å². The lowest BCUT2D eigenvalue weighted by Crippen LogP contribution is -2.24. The molecule has 0 radical (unpaired) electrons. The van der Waals surface area contributed by atoms with Crippen LogP contribution < -0.4 is 10.1 Å². The van der Waals surface area contributed by atoms with E-state index in [1.807, 2.05) is 24.3 Å². The van der Waals surface area contributed by atoms with Crippen molar-refractivity contribution < 1.29 is 4.74 Å². The van der Waals surface area contributed by atoms with Crippen molar-refractivity contribution in [1.29, 1.82) is 5.26 Å². The molecular weight excluding hydrogens is 284 g/mol. The lowest BCUT2D eigenvalue weighted by molar-refractivity contribution is 0.307. The lowest BCUT2D eigenvalue weighted by atomic mass is 10.1. The average Bonchev–Trinajstić information content (AvgIpc) is 2.52. The van der Waals surface area contributed by atoms with E-state index in [0.717, 1.165) is 22.9 Å². The molecule has 3 nitrogen and oxygen atoms in total. The van der Waals surface area contributed by atoms with Gasteiger partial charge in [0.2, 0.25) is 0 Å². The van der Waals surface area contributed by atoms with Crippen molar-refractivity contribution in [1.82, 2.24) is 5.32 Å². The maximum absolute atomic E-state index is 8.72. The summed E-state index contributed by atoms with van der Waals surface area (Å²) in [4.78, 5) is 0. The fraction of sp³-hybridized carbons (Fsp3) is 0.235. The summed E-state index contributed by atoms with van der Waals surface area (Å²) >= 11 is 5.98. The summed E-state index contributed by atoms with van der Waals surface area (Å²) in [5, 5.41) is 12.8. The molecule has 2 rings (SSSR count). The zero-order valence-corrected chi connectivity index (χ0v) is 12.6. The van der Waals surface area contributed by atoms with Crippen molar-refractivity contribution >= 4 is 11.6 Å². The van der Waals surface area contributed by atoms with E-state index < -0.39 is 0 Å². The Bertz CT molecular complexity index is 619. The number of nitrogens with one attached hydrogen (secondary N) is 1. The molecule has 0 saturated heterocycles. The molecule has 0 bridgehead atoms. The largest absolute Gasteiger partial charge is 0.492 e. The van der Waals surface area contributed by atoms with Crippen LogP contribution in [-0.4, -0.2) is 13.2 Å². The molecule has 0 aromatic heterocycles. The predicted octanol–water partition coefficient (Wildman–Crippen LogP) is 3.94. The van der Waals surface area contributed by atoms with Crippen LogP contribution in [0.2, 0.25) is 5.02 Å². The standard InChI is InChI=1S/C17H17ClN2O/c1-13(15-3-2-4-16(18)11-15)20-9-10-21-17-7-5-14(12-19)6-8-17/h2-8,11,13,20H,9-10H2,1H3. The van der Waals surface area contributed by atoms with E-state index in [1.165, 1.54) is 0 Å². The molecule has 1 unspecified atom stereocenters. The van der Waals surface area contributed by atoms with Crippen LogP contribution in [0, 0.1) is 11.3 Å². The van der Waals surface area contributed by atoms with Crippen LogP contribution in [0.25, 0.3) is 0 Å². The summed E-state index contributed by atoms with van der Waals surface area (Å²) in [5.74, 6) is 0.770. The number of hydrogen-bond donors (Lipinski definition) is 1. The summed E-state index contributed by atoms with van der Waals surface area (Å²) < 4.78 is 5.62. The first-order valence-corrected chi connectivity index (χ1v) is 7.18. The highest BCUT2D eigenvalue weighted by Gasteiger charge is 2.04. The van der Waals surface area contributed by atoms with Gasteiger partial charge in [-0.25, -0.2) is 0 Å². The second-order valence-corrected chi connectivity index (χ2v) is 5.15. The fourth-order valence-corrected chi connectivity index (χ4v) is 2.16. The molecule has 1 atom stereocenters. The Labute approximate surface area is 130 Å². The van der Waals surface area contributed by atoms with Gasteiger partial charge in [0, 0.05) is 17.6 Å². The van der Waals surface area contributed by atoms with E-state index in [9.17, 15) is 0 Å². The molecule has 1 N–H and O–H groups in total. The molecule has 0 aliphatic rings. The maximum Gasteiger partial charge on any atom is 0.119 e. The second kappa shape index (κ2) is 7.68. The molecule has 4 heteroatoms. The topological polar surface area (TPSA) is 45.0 Å². The van der Waals surface area contributed by atoms with Crippen molar-refractivity contribution in [3.63, 3.8) is 0 Å². The summed E-state index contributed by atoms with van der Waals surface area (Å²) in [6.45, 7) is 3.39. The molecule has 0 aliphatic carbocycles. The third-order valence-corrected chi connectivity index (χ3v) is 3.39. The van der Waals surface area contributed by atoms with Crippen molar-refractivity contribution in [3.05, 3.63) is 64.7 Å². The van der Waals surface area contributed by atoms with Gasteiger partial charge in [0.15, 0.2) is 0 Å². The molecule has 0 heterocycles. The van der Waals surface area contributed by atoms with Gasteiger partial charge in [-0.3, -0.25) is 0 Å². The third-order valence-electron chi connectivity index (χ3n) is 3.15. The Kier molecular flexibility index (Phi) is 5.62. The number of hydrogen-bond acceptors (Lipinski definition) is 3. The molecule has 108 valence electrons. The maximum atomic E-state index is 8.72. The van der Waals surface area contributed by atoms with E-state index in [0.29, 0.717) is 12.2 Å². The summed E-state index contributed by atoms with van der Waals surface area (Å²) in [5.41, 5.74) is 1.79. The second-order valence-electron chi connectivity index (χ2n) is 4.72. The highest BCUT2D eigenvalue weighted by Crippen LogP contribution is 2.17. The molecule has 0 aliphatic heterocycles. The molecule has 2 aromatic rings. The van der Waals surface area contributed by atoms with Crippen LogP contribution in [0.4, 0.5) is 0 Å². The first kappa shape index (κ1) is 15.4. The number of rotatable bonds is 6. The molecule has 2 aromatic carbocycles. The average molecular weight is 301 g/mol. The van der Waals surface area contributed by atoms with Gasteiger partial charge in [0.05, 0.1) is 11.6 Å². The van der Waals surface area contributed by atoms with Gasteiger partial charge in [0.1, 0.15) is 12.4 Å². The smallest absolute Gasteiger partial charge is 0.119 e. The Balaban J connectivity index is 1.75. The number of nitriles is 1. The van der Waals surface area contributed by atoms with Crippen LogP contribution in [0.15, 0.2) is 48.5 Å². The Morgan fingerprint density at radius 2 is 2.00 bits per heavy atom. The normalized spacial score (nSPS) is 11.7. The van der Waals surface area contributed by atoms with Gasteiger partial charge in [-0.2, -0.15) is 5.26 Å². The van der Waals surface area contributed by atoms with E-state index >= 15 is 0 Å². The quantitative estimate of drug-likeness (QED) is 0.822. The Morgan fingerprint density at radius 1 is 1.24 bits per heavy atom. The van der Waals surface area contributed by atoms with E-state index in [4.69, 9.17) is 21.6 Å². The van der Waals surface area contributed by atoms with Crippen molar-refractivity contribution in [2.24, 2.45) is 0 Å². The van der Waals surface area contributed by atoms with Gasteiger partial charge in [0.25, 0.3) is 0 Å². The minimum Gasteiger partial charge on any atom is -0.492 e. The minimum atomic E-state index is 0.216. The first-order chi connectivity index (χ1) is 10.2. The molecular formula is C17H17ClN2O. The Hall–Kier alpha value is -2.02. The zero-order valence-electron chi connectivity index (χ0n) is 11.8. The molecule has 0 saturated carbocycles. The highest BCUT2D eigenvalue weighted by atomic mass is 35.5. The molecule has 0 amide bonds. The van der Waals surface area contributed by atoms with Gasteiger partial charge >= 0.3 is 0 Å². The van der Waals surface area contributed by atoms with E-state index in [-0.39, 0.29) is 6.04 Å². The summed E-state index contributed by atoms with van der Waals surface area (Å²) in [6, 6.07) is 17.2. The van der Waals surface area contributed by atoms with Gasteiger partial charge in [-0.15, -0.1) is 0 Å². The predicted molar refractivity (Wildman–Crippen MR) is 84.5 cm³/mol. The monoisotopic (exact) mass is 300 g/mol. The third kappa shape index (κ3) is 4.78. The number of ether oxygens (including phenoxy) is 1. The van der Waals surface area contributed by atoms with Gasteiger partial charge < -0.3 is 10.1 Å². The summed E-state index contributed by atoms with van der Waals surface area (Å²) in [6.07, 6.45) is 0. The number of nitrogens with zero attached hydrogens (tertiary/aromatic N) is 1. The van der Waals surface area contributed by atoms with Crippen LogP contribution in [-0.2, 0) is 0 Å². The van der Waals surface area contributed by atoms with Gasteiger partial charge in [-0.1, -0.05) is 23.7 Å². The van der Waals surface area contributed by atoms with Crippen molar-refractivity contribution in [3.8, 4) is 11.8 Å². The molecule has 0 spiro atoms. The molecule has 21 heavy (non-hydrogen) atoms. The van der Waals surface area contributed by atoms with Crippen LogP contribution in [0.3, 0.4) is 0 Å². The SMILES string of the molecule is CC(NCCOc1ccc(C#N)cc1)c1cccc(Cl)c1. The Morgan fingerprint density at radius 3 is 2.67 bits per heavy atom. The van der Waals surface area contributed by atoms with Crippen LogP contribution in [0.5, 0.6) is 5.75 Å². The van der Waals surface area contributed by atoms with E-state index in [2.05, 4.69) is 18.3 Å². The van der Waals surface area contributed by atoms with Crippen LogP contribution in [0.1, 0.15) is 24.1 Å². The van der Waals surface area contributed by atoms with Crippen molar-refractivity contribution in [2.75, 3.05) is 13.2 Å². The number of halogens is 1. The van der Waals surface area contributed by atoms with E-state index in [1.54, 1.807) is 24.3 Å². The van der Waals surface area contributed by atoms with Crippen molar-refractivity contribution in [2.45, 2.75) is 13.0 Å². The lowest BCUT2D eigenvalue weighted by Gasteiger charge is -2.15. The zero-order chi connectivity index (χ0) is 15.1. The fourth-order valence-electron chi connectivity index (χ4n) is 1.96. The first-order valence-electron chi connectivity index (χ1n) is 6.81. The summed E-state index contributed by atoms with van der Waals surface area (Å²) in [7, 11) is 0.